The zero-order valence-electron chi connectivity index (χ0n) is 9.27. The molecule has 0 aliphatic rings. The zero-order chi connectivity index (χ0) is 11.7. The number of H-pyrrole nitrogens is 1. The SMILES string of the molecule is Cc1cnc(CNc2ccnc3c[nH]nc23)s1. The second-order valence-electron chi connectivity index (χ2n) is 3.70. The van der Waals surface area contributed by atoms with Crippen LogP contribution in [0.2, 0.25) is 0 Å². The number of fused-ring (bicyclic) bond motifs is 1. The number of aryl methyl sites for hydroxylation is 1. The second kappa shape index (κ2) is 4.14. The molecule has 3 rings (SSSR count). The third-order valence-corrected chi connectivity index (χ3v) is 3.34. The minimum absolute atomic E-state index is 0.713. The highest BCUT2D eigenvalue weighted by molar-refractivity contribution is 7.11. The molecule has 6 heteroatoms. The van der Waals surface area contributed by atoms with Gasteiger partial charge in [-0.05, 0) is 13.0 Å². The van der Waals surface area contributed by atoms with Gasteiger partial charge in [0.05, 0.1) is 12.2 Å². The fourth-order valence-electron chi connectivity index (χ4n) is 1.65. The van der Waals surface area contributed by atoms with Crippen molar-refractivity contribution in [2.24, 2.45) is 0 Å². The number of aromatic amines is 1. The summed E-state index contributed by atoms with van der Waals surface area (Å²) in [5, 5.41) is 11.4. The number of nitrogens with one attached hydrogen (secondary N) is 2. The quantitative estimate of drug-likeness (QED) is 0.743. The van der Waals surface area contributed by atoms with Crippen molar-refractivity contribution in [1.29, 1.82) is 0 Å². The van der Waals surface area contributed by atoms with Crippen molar-refractivity contribution in [3.8, 4) is 0 Å². The molecule has 0 aliphatic heterocycles. The Morgan fingerprint density at radius 1 is 1.41 bits per heavy atom. The van der Waals surface area contributed by atoms with E-state index >= 15 is 0 Å². The summed E-state index contributed by atoms with van der Waals surface area (Å²) in [7, 11) is 0. The van der Waals surface area contributed by atoms with E-state index in [9.17, 15) is 0 Å². The molecule has 0 fully saturated rings. The molecule has 0 atom stereocenters. The van der Waals surface area contributed by atoms with Gasteiger partial charge in [0.25, 0.3) is 0 Å². The molecule has 17 heavy (non-hydrogen) atoms. The van der Waals surface area contributed by atoms with Gasteiger partial charge in [-0.25, -0.2) is 4.98 Å². The Morgan fingerprint density at radius 2 is 2.35 bits per heavy atom. The van der Waals surface area contributed by atoms with Crippen LogP contribution >= 0.6 is 11.3 Å². The standard InChI is InChI=1S/C11H11N5S/c1-7-4-14-10(17-7)6-13-8-2-3-12-9-5-15-16-11(8)9/h2-5H,6H2,1H3,(H,12,13)(H,15,16). The average Bonchev–Trinajstić information content (AvgIpc) is 2.94. The van der Waals surface area contributed by atoms with Crippen molar-refractivity contribution in [2.75, 3.05) is 5.32 Å². The molecule has 0 aliphatic carbocycles. The van der Waals surface area contributed by atoms with E-state index in [2.05, 4.69) is 32.4 Å². The zero-order valence-corrected chi connectivity index (χ0v) is 10.1. The molecule has 0 saturated carbocycles. The lowest BCUT2D eigenvalue weighted by atomic mass is 10.3. The highest BCUT2D eigenvalue weighted by atomic mass is 32.1. The highest BCUT2D eigenvalue weighted by Crippen LogP contribution is 2.20. The number of pyridine rings is 1. The van der Waals surface area contributed by atoms with Crippen LogP contribution < -0.4 is 5.32 Å². The molecule has 3 aromatic rings. The average molecular weight is 245 g/mol. The maximum Gasteiger partial charge on any atom is 0.134 e. The summed E-state index contributed by atoms with van der Waals surface area (Å²) in [5.74, 6) is 0. The molecule has 0 bridgehead atoms. The molecule has 0 unspecified atom stereocenters. The third kappa shape index (κ3) is 1.99. The second-order valence-corrected chi connectivity index (χ2v) is 5.02. The first kappa shape index (κ1) is 10.2. The fraction of sp³-hybridized carbons (Fsp3) is 0.182. The summed E-state index contributed by atoms with van der Waals surface area (Å²) in [6.07, 6.45) is 5.44. The monoisotopic (exact) mass is 245 g/mol. The molecule has 3 aromatic heterocycles. The van der Waals surface area contributed by atoms with Gasteiger partial charge in [-0.1, -0.05) is 0 Å². The van der Waals surface area contributed by atoms with Crippen LogP contribution in [-0.2, 0) is 6.54 Å². The van der Waals surface area contributed by atoms with Gasteiger partial charge in [0, 0.05) is 23.5 Å². The number of nitrogens with zero attached hydrogens (tertiary/aromatic N) is 3. The molecule has 5 nitrogen and oxygen atoms in total. The predicted molar refractivity (Wildman–Crippen MR) is 68.1 cm³/mol. The summed E-state index contributed by atoms with van der Waals surface area (Å²) in [6.45, 7) is 2.77. The number of hydrogen-bond donors (Lipinski definition) is 2. The van der Waals surface area contributed by atoms with Crippen molar-refractivity contribution in [1.82, 2.24) is 20.2 Å². The number of rotatable bonds is 3. The number of aromatic nitrogens is 4. The van der Waals surface area contributed by atoms with E-state index in [1.165, 1.54) is 4.88 Å². The Hall–Kier alpha value is -1.95. The van der Waals surface area contributed by atoms with Crippen molar-refractivity contribution in [2.45, 2.75) is 13.5 Å². The van der Waals surface area contributed by atoms with Crippen LogP contribution in [-0.4, -0.2) is 20.2 Å². The molecule has 0 radical (unpaired) electrons. The number of anilines is 1. The Morgan fingerprint density at radius 3 is 3.18 bits per heavy atom. The Bertz CT molecular complexity index is 642. The Kier molecular flexibility index (Phi) is 2.49. The normalized spacial score (nSPS) is 10.9. The Labute approximate surface area is 102 Å². The molecule has 0 aromatic carbocycles. The molecule has 0 amide bonds. The van der Waals surface area contributed by atoms with Crippen molar-refractivity contribution in [3.63, 3.8) is 0 Å². The first-order valence-electron chi connectivity index (χ1n) is 5.26. The summed E-state index contributed by atoms with van der Waals surface area (Å²) in [4.78, 5) is 9.75. The van der Waals surface area contributed by atoms with Gasteiger partial charge in [0.15, 0.2) is 0 Å². The molecule has 86 valence electrons. The summed E-state index contributed by atoms with van der Waals surface area (Å²) in [5.41, 5.74) is 2.70. The summed E-state index contributed by atoms with van der Waals surface area (Å²) in [6, 6.07) is 1.92. The van der Waals surface area contributed by atoms with E-state index in [0.29, 0.717) is 6.54 Å². The largest absolute Gasteiger partial charge is 0.377 e. The summed E-state index contributed by atoms with van der Waals surface area (Å²) < 4.78 is 0. The van der Waals surface area contributed by atoms with Crippen LogP contribution in [0.1, 0.15) is 9.88 Å². The van der Waals surface area contributed by atoms with Crippen LogP contribution in [0.25, 0.3) is 11.0 Å². The molecule has 0 saturated heterocycles. The molecule has 2 N–H and O–H groups in total. The third-order valence-electron chi connectivity index (χ3n) is 2.43. The van der Waals surface area contributed by atoms with Crippen LogP contribution in [0.4, 0.5) is 5.69 Å². The summed E-state index contributed by atoms with van der Waals surface area (Å²) >= 11 is 1.70. The van der Waals surface area contributed by atoms with Gasteiger partial charge in [0.1, 0.15) is 16.0 Å². The maximum atomic E-state index is 4.31. The van der Waals surface area contributed by atoms with Gasteiger partial charge in [0.2, 0.25) is 0 Å². The fourth-order valence-corrected chi connectivity index (χ4v) is 2.37. The maximum absolute atomic E-state index is 4.31. The topological polar surface area (TPSA) is 66.5 Å². The van der Waals surface area contributed by atoms with E-state index in [0.717, 1.165) is 21.7 Å². The van der Waals surface area contributed by atoms with Crippen molar-refractivity contribution >= 4 is 28.1 Å². The van der Waals surface area contributed by atoms with Gasteiger partial charge in [-0.2, -0.15) is 5.10 Å². The minimum Gasteiger partial charge on any atom is -0.377 e. The van der Waals surface area contributed by atoms with Crippen molar-refractivity contribution in [3.05, 3.63) is 34.5 Å². The van der Waals surface area contributed by atoms with E-state index in [4.69, 9.17) is 0 Å². The van der Waals surface area contributed by atoms with E-state index in [1.54, 1.807) is 23.7 Å². The van der Waals surface area contributed by atoms with E-state index < -0.39 is 0 Å². The molecular weight excluding hydrogens is 234 g/mol. The van der Waals surface area contributed by atoms with Crippen LogP contribution in [0.15, 0.2) is 24.7 Å². The highest BCUT2D eigenvalue weighted by Gasteiger charge is 2.05. The minimum atomic E-state index is 0.713. The van der Waals surface area contributed by atoms with Gasteiger partial charge in [-0.3, -0.25) is 10.1 Å². The smallest absolute Gasteiger partial charge is 0.134 e. The lowest BCUT2D eigenvalue weighted by Gasteiger charge is -2.03. The molecule has 3 heterocycles. The van der Waals surface area contributed by atoms with Gasteiger partial charge in [-0.15, -0.1) is 11.3 Å². The number of hydrogen-bond acceptors (Lipinski definition) is 5. The first-order chi connectivity index (χ1) is 8.33. The van der Waals surface area contributed by atoms with E-state index in [-0.39, 0.29) is 0 Å². The molecular formula is C11H11N5S. The first-order valence-corrected chi connectivity index (χ1v) is 6.08. The van der Waals surface area contributed by atoms with Crippen molar-refractivity contribution < 1.29 is 0 Å². The lowest BCUT2D eigenvalue weighted by Crippen LogP contribution is -1.99. The van der Waals surface area contributed by atoms with Crippen LogP contribution in [0.3, 0.4) is 0 Å². The lowest BCUT2D eigenvalue weighted by molar-refractivity contribution is 1.09. The van der Waals surface area contributed by atoms with E-state index in [1.807, 2.05) is 12.3 Å². The van der Waals surface area contributed by atoms with Crippen LogP contribution in [0.5, 0.6) is 0 Å². The Balaban J connectivity index is 1.83. The van der Waals surface area contributed by atoms with Crippen LogP contribution in [0, 0.1) is 6.92 Å². The predicted octanol–water partition coefficient (Wildman–Crippen LogP) is 2.33. The number of thiazole rings is 1. The van der Waals surface area contributed by atoms with Gasteiger partial charge < -0.3 is 5.32 Å². The van der Waals surface area contributed by atoms with Gasteiger partial charge >= 0.3 is 0 Å². The molecule has 0 spiro atoms.